The van der Waals surface area contributed by atoms with Crippen molar-refractivity contribution >= 4 is 22.8 Å². The first kappa shape index (κ1) is 22.6. The summed E-state index contributed by atoms with van der Waals surface area (Å²) in [6.07, 6.45) is -0.806. The number of guanidine groups is 1. The van der Waals surface area contributed by atoms with Crippen LogP contribution in [0.5, 0.6) is 11.5 Å². The van der Waals surface area contributed by atoms with E-state index in [0.29, 0.717) is 12.3 Å². The largest absolute Gasteiger partial charge is 0.457 e. The van der Waals surface area contributed by atoms with Crippen molar-refractivity contribution in [3.63, 3.8) is 0 Å². The van der Waals surface area contributed by atoms with Gasteiger partial charge in [0.25, 0.3) is 5.91 Å². The van der Waals surface area contributed by atoms with Gasteiger partial charge in [0.2, 0.25) is 0 Å². The molecule has 0 bridgehead atoms. The average molecular weight is 460 g/mol. The second-order valence-electron chi connectivity index (χ2n) is 7.73. The zero-order valence-corrected chi connectivity index (χ0v) is 17.9. The molecule has 4 rings (SSSR count). The van der Waals surface area contributed by atoms with Crippen molar-refractivity contribution < 1.29 is 22.7 Å². The number of likely N-dealkylation sites (tertiary alicyclic amines) is 1. The molecule has 1 aliphatic rings. The van der Waals surface area contributed by atoms with Gasteiger partial charge in [-0.15, -0.1) is 0 Å². The zero-order valence-electron chi connectivity index (χ0n) is 17.9. The normalized spacial score (nSPS) is 15.2. The van der Waals surface area contributed by atoms with Gasteiger partial charge in [0.05, 0.1) is 16.8 Å². The number of nitrogens with one attached hydrogen (secondary N) is 2. The van der Waals surface area contributed by atoms with E-state index in [4.69, 9.17) is 10.5 Å². The summed E-state index contributed by atoms with van der Waals surface area (Å²) in [5.41, 5.74) is 5.29. The number of nitrogens with two attached hydrogens (primary N) is 1. The number of aromatic nitrogens is 2. The molecular weight excluding hydrogens is 437 g/mol. The summed E-state index contributed by atoms with van der Waals surface area (Å²) < 4.78 is 47.1. The minimum Gasteiger partial charge on any atom is -0.457 e. The van der Waals surface area contributed by atoms with Crippen LogP contribution in [0.4, 0.5) is 13.2 Å². The summed E-state index contributed by atoms with van der Waals surface area (Å²) in [6.45, 7) is 2.65. The number of pyridine rings is 1. The van der Waals surface area contributed by atoms with E-state index in [1.807, 2.05) is 0 Å². The van der Waals surface area contributed by atoms with Gasteiger partial charge in [-0.2, -0.15) is 18.2 Å². The molecule has 33 heavy (non-hydrogen) atoms. The highest BCUT2D eigenvalue weighted by Gasteiger charge is 2.34. The number of halogens is 3. The monoisotopic (exact) mass is 460 g/mol. The van der Waals surface area contributed by atoms with Crippen LogP contribution in [0, 0.1) is 0 Å². The molecule has 0 atom stereocenters. The fraction of sp³-hybridized carbons (Fsp3) is 0.318. The molecule has 0 spiro atoms. The van der Waals surface area contributed by atoms with E-state index in [9.17, 15) is 18.0 Å². The topological polar surface area (TPSA) is 109 Å². The highest BCUT2D eigenvalue weighted by atomic mass is 19.4. The van der Waals surface area contributed by atoms with Gasteiger partial charge in [-0.1, -0.05) is 0 Å². The minimum atomic E-state index is -4.66. The van der Waals surface area contributed by atoms with Crippen molar-refractivity contribution in [2.75, 3.05) is 20.1 Å². The maximum Gasteiger partial charge on any atom is 0.417 e. The molecule has 174 valence electrons. The van der Waals surface area contributed by atoms with Gasteiger partial charge >= 0.3 is 6.18 Å². The molecule has 1 aromatic carbocycles. The number of aromatic amines is 1. The molecule has 0 saturated carbocycles. The highest BCUT2D eigenvalue weighted by Crippen LogP contribution is 2.39. The van der Waals surface area contributed by atoms with Crippen LogP contribution in [0.1, 0.15) is 34.6 Å². The van der Waals surface area contributed by atoms with Gasteiger partial charge < -0.3 is 20.8 Å². The summed E-state index contributed by atoms with van der Waals surface area (Å²) >= 11 is 0. The van der Waals surface area contributed by atoms with E-state index >= 15 is 0 Å². The number of H-pyrrole nitrogens is 1. The third-order valence-corrected chi connectivity index (χ3v) is 5.33. The predicted molar refractivity (Wildman–Crippen MR) is 117 cm³/mol. The van der Waals surface area contributed by atoms with Gasteiger partial charge in [-0.3, -0.25) is 14.7 Å². The average Bonchev–Trinajstić information content (AvgIpc) is 3.42. The Morgan fingerprint density at radius 2 is 2.00 bits per heavy atom. The lowest BCUT2D eigenvalue weighted by atomic mass is 10.1. The Kier molecular flexibility index (Phi) is 6.23. The summed E-state index contributed by atoms with van der Waals surface area (Å²) in [5.74, 6) is -0.594. The molecule has 1 saturated heterocycles. The molecule has 0 radical (unpaired) electrons. The Labute approximate surface area is 187 Å². The SMILES string of the molecule is CNC(N)=NC(=O)c1cc2c(C(F)(F)F)cc(Oc3ccnc(CN4CCCC4)c3)cc2[nH]1. The van der Waals surface area contributed by atoms with Gasteiger partial charge in [-0.25, -0.2) is 0 Å². The lowest BCUT2D eigenvalue weighted by Crippen LogP contribution is -2.28. The third-order valence-electron chi connectivity index (χ3n) is 5.33. The van der Waals surface area contributed by atoms with Crippen LogP contribution in [0.15, 0.2) is 41.5 Å². The van der Waals surface area contributed by atoms with E-state index < -0.39 is 17.6 Å². The molecule has 3 heterocycles. The van der Waals surface area contributed by atoms with E-state index in [2.05, 4.69) is 25.2 Å². The van der Waals surface area contributed by atoms with E-state index in [-0.39, 0.29) is 28.3 Å². The fourth-order valence-electron chi connectivity index (χ4n) is 3.76. The Hall–Kier alpha value is -3.60. The number of rotatable bonds is 5. The quantitative estimate of drug-likeness (QED) is 0.396. The number of alkyl halides is 3. The first-order valence-corrected chi connectivity index (χ1v) is 10.4. The van der Waals surface area contributed by atoms with Crippen LogP contribution in [0.2, 0.25) is 0 Å². The number of amides is 1. The van der Waals surface area contributed by atoms with Crippen LogP contribution >= 0.6 is 0 Å². The van der Waals surface area contributed by atoms with Crippen LogP contribution in [-0.4, -0.2) is 46.9 Å². The summed E-state index contributed by atoms with van der Waals surface area (Å²) in [7, 11) is 1.47. The number of carbonyl (C=O) groups is 1. The molecule has 1 amide bonds. The number of benzene rings is 1. The van der Waals surface area contributed by atoms with E-state index in [1.54, 1.807) is 18.3 Å². The maximum absolute atomic E-state index is 13.8. The maximum atomic E-state index is 13.8. The second kappa shape index (κ2) is 9.10. The number of ether oxygens (including phenoxy) is 1. The molecule has 1 aliphatic heterocycles. The van der Waals surface area contributed by atoms with E-state index in [0.717, 1.165) is 43.8 Å². The fourth-order valence-corrected chi connectivity index (χ4v) is 3.76. The van der Waals surface area contributed by atoms with E-state index in [1.165, 1.54) is 13.1 Å². The van der Waals surface area contributed by atoms with Crippen molar-refractivity contribution in [1.82, 2.24) is 20.2 Å². The van der Waals surface area contributed by atoms with Crippen LogP contribution in [0.3, 0.4) is 0 Å². The molecular formula is C22H23F3N6O2. The van der Waals surface area contributed by atoms with Crippen LogP contribution < -0.4 is 15.8 Å². The van der Waals surface area contributed by atoms with Crippen molar-refractivity contribution in [3.05, 3.63) is 53.5 Å². The lowest BCUT2D eigenvalue weighted by molar-refractivity contribution is -0.136. The van der Waals surface area contributed by atoms with Crippen molar-refractivity contribution in [3.8, 4) is 11.5 Å². The summed E-state index contributed by atoms with van der Waals surface area (Å²) in [5, 5.41) is 2.32. The first-order chi connectivity index (χ1) is 15.7. The standard InChI is InChI=1S/C22H23F3N6O2/c1-27-21(26)30-20(32)19-11-16-17(22(23,24)25)9-15(10-18(16)29-19)33-14-4-5-28-13(8-14)12-31-6-2-3-7-31/h4-5,8-11,29H,2-3,6-7,12H2,1H3,(H3,26,27,30,32). The van der Waals surface area contributed by atoms with Gasteiger partial charge in [0, 0.05) is 37.3 Å². The molecule has 0 aliphatic carbocycles. The first-order valence-electron chi connectivity index (χ1n) is 10.4. The molecule has 2 aromatic heterocycles. The smallest absolute Gasteiger partial charge is 0.417 e. The molecule has 3 aromatic rings. The van der Waals surface area contributed by atoms with Crippen molar-refractivity contribution in [1.29, 1.82) is 0 Å². The Bertz CT molecular complexity index is 1200. The number of hydrogen-bond acceptors (Lipinski definition) is 4. The lowest BCUT2D eigenvalue weighted by Gasteiger charge is -2.15. The third kappa shape index (κ3) is 5.25. The number of hydrogen-bond donors (Lipinski definition) is 3. The number of fused-ring (bicyclic) bond motifs is 1. The summed E-state index contributed by atoms with van der Waals surface area (Å²) in [4.78, 5) is 25.1. The van der Waals surface area contributed by atoms with Crippen molar-refractivity contribution in [2.45, 2.75) is 25.6 Å². The van der Waals surface area contributed by atoms with Gasteiger partial charge in [-0.05, 0) is 44.1 Å². The molecule has 0 unspecified atom stereocenters. The number of nitrogens with zero attached hydrogens (tertiary/aromatic N) is 3. The predicted octanol–water partition coefficient (Wildman–Crippen LogP) is 3.64. The highest BCUT2D eigenvalue weighted by molar-refractivity contribution is 6.04. The van der Waals surface area contributed by atoms with Gasteiger partial charge in [0.1, 0.15) is 17.2 Å². The Morgan fingerprint density at radius 1 is 1.24 bits per heavy atom. The Balaban J connectivity index is 1.66. The van der Waals surface area contributed by atoms with Gasteiger partial charge in [0.15, 0.2) is 5.96 Å². The zero-order chi connectivity index (χ0) is 23.6. The van der Waals surface area contributed by atoms with Crippen molar-refractivity contribution in [2.24, 2.45) is 10.7 Å². The molecule has 1 fully saturated rings. The van der Waals surface area contributed by atoms with Crippen LogP contribution in [0.25, 0.3) is 10.9 Å². The minimum absolute atomic E-state index is 0.0211. The molecule has 8 nitrogen and oxygen atoms in total. The molecule has 4 N–H and O–H groups in total. The number of aliphatic imine (C=N–C) groups is 1. The second-order valence-corrected chi connectivity index (χ2v) is 7.73. The molecule has 11 heteroatoms. The number of carbonyl (C=O) groups excluding carboxylic acids is 1. The summed E-state index contributed by atoms with van der Waals surface area (Å²) in [6, 6.07) is 6.74. The Morgan fingerprint density at radius 3 is 2.70 bits per heavy atom. The van der Waals surface area contributed by atoms with Crippen LogP contribution in [-0.2, 0) is 12.7 Å².